The summed E-state index contributed by atoms with van der Waals surface area (Å²) >= 11 is 0. The number of aromatic nitrogens is 1. The average Bonchev–Trinajstić information content (AvgIpc) is 2.38. The number of rotatable bonds is 4. The number of pyridine rings is 1. The molecule has 1 aromatic heterocycles. The monoisotopic (exact) mass is 229 g/mol. The number of hydrogen-bond acceptors (Lipinski definition) is 3. The highest BCUT2D eigenvalue weighted by Crippen LogP contribution is 2.28. The maximum absolute atomic E-state index is 4.47. The Labute approximate surface area is 103 Å². The SMILES string of the molecule is C=N/C(=C\NC)C[C@@H]1CCc2cccnc2C1. The molecule has 1 aliphatic rings. The quantitative estimate of drug-likeness (QED) is 0.805. The Morgan fingerprint density at radius 1 is 1.71 bits per heavy atom. The summed E-state index contributed by atoms with van der Waals surface area (Å²) in [5.74, 6) is 0.641. The molecule has 1 aromatic rings. The van der Waals surface area contributed by atoms with Crippen molar-refractivity contribution in [2.45, 2.75) is 25.7 Å². The Bertz CT molecular complexity index is 423. The summed E-state index contributed by atoms with van der Waals surface area (Å²) in [6.45, 7) is 3.62. The minimum atomic E-state index is 0.641. The molecule has 2 rings (SSSR count). The lowest BCUT2D eigenvalue weighted by Crippen LogP contribution is -2.16. The number of nitrogens with zero attached hydrogens (tertiary/aromatic N) is 2. The minimum Gasteiger partial charge on any atom is -0.393 e. The third kappa shape index (κ3) is 2.93. The van der Waals surface area contributed by atoms with E-state index < -0.39 is 0 Å². The summed E-state index contributed by atoms with van der Waals surface area (Å²) in [7, 11) is 1.89. The van der Waals surface area contributed by atoms with E-state index in [1.54, 1.807) is 0 Å². The van der Waals surface area contributed by atoms with E-state index in [0.29, 0.717) is 5.92 Å². The third-order valence-corrected chi connectivity index (χ3v) is 3.30. The van der Waals surface area contributed by atoms with Gasteiger partial charge in [0, 0.05) is 25.1 Å². The highest BCUT2D eigenvalue weighted by Gasteiger charge is 2.19. The van der Waals surface area contributed by atoms with Gasteiger partial charge in [0.2, 0.25) is 0 Å². The van der Waals surface area contributed by atoms with Crippen LogP contribution < -0.4 is 5.32 Å². The van der Waals surface area contributed by atoms with E-state index in [2.05, 4.69) is 28.1 Å². The fourth-order valence-corrected chi connectivity index (χ4v) is 2.42. The molecule has 0 amide bonds. The molecule has 90 valence electrons. The Morgan fingerprint density at radius 2 is 2.59 bits per heavy atom. The van der Waals surface area contributed by atoms with E-state index in [0.717, 1.165) is 25.0 Å². The Hall–Kier alpha value is -1.64. The molecule has 1 heterocycles. The minimum absolute atomic E-state index is 0.641. The molecule has 0 saturated carbocycles. The summed E-state index contributed by atoms with van der Waals surface area (Å²) in [6, 6.07) is 4.21. The number of hydrogen-bond donors (Lipinski definition) is 1. The van der Waals surface area contributed by atoms with Gasteiger partial charge in [0.1, 0.15) is 0 Å². The molecule has 1 aliphatic carbocycles. The second-order valence-corrected chi connectivity index (χ2v) is 4.50. The summed E-state index contributed by atoms with van der Waals surface area (Å²) in [4.78, 5) is 8.52. The molecule has 3 heteroatoms. The fraction of sp³-hybridized carbons (Fsp3) is 0.429. The molecule has 0 unspecified atom stereocenters. The smallest absolute Gasteiger partial charge is 0.0555 e. The molecule has 0 aliphatic heterocycles. The predicted octanol–water partition coefficient (Wildman–Crippen LogP) is 2.34. The van der Waals surface area contributed by atoms with E-state index in [1.807, 2.05) is 25.5 Å². The molecule has 17 heavy (non-hydrogen) atoms. The molecule has 0 fully saturated rings. The largest absolute Gasteiger partial charge is 0.393 e. The highest BCUT2D eigenvalue weighted by atomic mass is 14.8. The second kappa shape index (κ2) is 5.62. The molecule has 0 spiro atoms. The van der Waals surface area contributed by atoms with E-state index in [1.165, 1.54) is 17.7 Å². The first kappa shape index (κ1) is 11.8. The lowest BCUT2D eigenvalue weighted by Gasteiger charge is -2.23. The first-order valence-electron chi connectivity index (χ1n) is 6.09. The number of fused-ring (bicyclic) bond motifs is 1. The van der Waals surface area contributed by atoms with Crippen molar-refractivity contribution in [3.05, 3.63) is 41.5 Å². The van der Waals surface area contributed by atoms with E-state index >= 15 is 0 Å². The third-order valence-electron chi connectivity index (χ3n) is 3.30. The van der Waals surface area contributed by atoms with Crippen molar-refractivity contribution in [2.24, 2.45) is 10.9 Å². The molecular weight excluding hydrogens is 210 g/mol. The second-order valence-electron chi connectivity index (χ2n) is 4.50. The summed E-state index contributed by atoms with van der Waals surface area (Å²) < 4.78 is 0. The van der Waals surface area contributed by atoms with Crippen molar-refractivity contribution >= 4 is 6.72 Å². The topological polar surface area (TPSA) is 37.3 Å². The van der Waals surface area contributed by atoms with Crippen LogP contribution in [0.5, 0.6) is 0 Å². The van der Waals surface area contributed by atoms with Crippen LogP contribution in [-0.4, -0.2) is 18.7 Å². The zero-order chi connectivity index (χ0) is 12.1. The van der Waals surface area contributed by atoms with Gasteiger partial charge in [0.25, 0.3) is 0 Å². The summed E-state index contributed by atoms with van der Waals surface area (Å²) in [5.41, 5.74) is 3.71. The van der Waals surface area contributed by atoms with Gasteiger partial charge in [-0.3, -0.25) is 9.98 Å². The molecule has 0 saturated heterocycles. The first-order chi connectivity index (χ1) is 8.33. The van der Waals surface area contributed by atoms with Gasteiger partial charge in [-0.2, -0.15) is 0 Å². The van der Waals surface area contributed by atoms with Crippen LogP contribution in [0.15, 0.2) is 35.2 Å². The Balaban J connectivity index is 2.03. The number of nitrogens with one attached hydrogen (secondary N) is 1. The maximum atomic E-state index is 4.47. The molecule has 0 radical (unpaired) electrons. The Kier molecular flexibility index (Phi) is 3.91. The van der Waals surface area contributed by atoms with Crippen LogP contribution in [0.1, 0.15) is 24.1 Å². The van der Waals surface area contributed by atoms with E-state index in [4.69, 9.17) is 0 Å². The van der Waals surface area contributed by atoms with Crippen molar-refractivity contribution in [1.82, 2.24) is 10.3 Å². The molecule has 1 N–H and O–H groups in total. The Morgan fingerprint density at radius 3 is 3.35 bits per heavy atom. The van der Waals surface area contributed by atoms with Gasteiger partial charge in [-0.1, -0.05) is 6.07 Å². The van der Waals surface area contributed by atoms with Gasteiger partial charge in [-0.15, -0.1) is 0 Å². The lowest BCUT2D eigenvalue weighted by molar-refractivity contribution is 0.445. The summed E-state index contributed by atoms with van der Waals surface area (Å²) in [6.07, 6.45) is 8.22. The molecule has 1 atom stereocenters. The summed E-state index contributed by atoms with van der Waals surface area (Å²) in [5, 5.41) is 3.02. The molecule has 0 bridgehead atoms. The van der Waals surface area contributed by atoms with Crippen LogP contribution in [0.2, 0.25) is 0 Å². The van der Waals surface area contributed by atoms with Gasteiger partial charge in [0.15, 0.2) is 0 Å². The van der Waals surface area contributed by atoms with Crippen molar-refractivity contribution in [1.29, 1.82) is 0 Å². The maximum Gasteiger partial charge on any atom is 0.0555 e. The average molecular weight is 229 g/mol. The fourth-order valence-electron chi connectivity index (χ4n) is 2.42. The van der Waals surface area contributed by atoms with Crippen LogP contribution in [0.25, 0.3) is 0 Å². The van der Waals surface area contributed by atoms with Crippen LogP contribution in [0.4, 0.5) is 0 Å². The highest BCUT2D eigenvalue weighted by molar-refractivity contribution is 5.29. The zero-order valence-corrected chi connectivity index (χ0v) is 10.3. The van der Waals surface area contributed by atoms with Crippen LogP contribution in [-0.2, 0) is 12.8 Å². The van der Waals surface area contributed by atoms with Gasteiger partial charge in [-0.25, -0.2) is 0 Å². The van der Waals surface area contributed by atoms with Gasteiger partial charge >= 0.3 is 0 Å². The lowest BCUT2D eigenvalue weighted by atomic mass is 9.84. The van der Waals surface area contributed by atoms with Crippen molar-refractivity contribution in [3.63, 3.8) is 0 Å². The molecular formula is C14H19N3. The van der Waals surface area contributed by atoms with Crippen LogP contribution in [0.3, 0.4) is 0 Å². The first-order valence-corrected chi connectivity index (χ1v) is 6.09. The normalized spacial score (nSPS) is 19.6. The van der Waals surface area contributed by atoms with Gasteiger partial charge < -0.3 is 5.32 Å². The van der Waals surface area contributed by atoms with Crippen molar-refractivity contribution < 1.29 is 0 Å². The van der Waals surface area contributed by atoms with Gasteiger partial charge in [0.05, 0.1) is 5.70 Å². The van der Waals surface area contributed by atoms with E-state index in [9.17, 15) is 0 Å². The number of aliphatic imine (C=N–C) groups is 1. The zero-order valence-electron chi connectivity index (χ0n) is 10.3. The number of allylic oxidation sites excluding steroid dienone is 1. The standard InChI is InChI=1S/C14H19N3/c1-15-10-13(16-2)8-11-5-6-12-4-3-7-17-14(12)9-11/h3-4,7,10-11,15H,2,5-6,8-9H2,1H3/b13-10-/t11-/m0/s1. The molecule has 3 nitrogen and oxygen atoms in total. The van der Waals surface area contributed by atoms with E-state index in [-0.39, 0.29) is 0 Å². The van der Waals surface area contributed by atoms with Gasteiger partial charge in [-0.05, 0) is 49.9 Å². The van der Waals surface area contributed by atoms with Crippen molar-refractivity contribution in [3.8, 4) is 0 Å². The predicted molar refractivity (Wildman–Crippen MR) is 71.1 cm³/mol. The van der Waals surface area contributed by atoms with Crippen molar-refractivity contribution in [2.75, 3.05) is 7.05 Å². The van der Waals surface area contributed by atoms with Crippen LogP contribution in [0, 0.1) is 5.92 Å². The van der Waals surface area contributed by atoms with Crippen LogP contribution >= 0.6 is 0 Å². The number of aryl methyl sites for hydroxylation is 1. The molecule has 0 aromatic carbocycles.